The minimum atomic E-state index is -0.431. The molecule has 1 heterocycles. The quantitative estimate of drug-likeness (QED) is 0.821. The smallest absolute Gasteiger partial charge is 0.410 e. The van der Waals surface area contributed by atoms with Gasteiger partial charge < -0.3 is 14.5 Å². The summed E-state index contributed by atoms with van der Waals surface area (Å²) in [6.45, 7) is 7.16. The zero-order valence-corrected chi connectivity index (χ0v) is 14.9. The second kappa shape index (κ2) is 7.07. The van der Waals surface area contributed by atoms with Gasteiger partial charge in [0.05, 0.1) is 0 Å². The molecule has 0 aromatic heterocycles. The topological polar surface area (TPSA) is 32.8 Å². The molecule has 1 aliphatic heterocycles. The Bertz CT molecular complexity index is 575. The number of nitrogens with zero attached hydrogens (tertiary/aromatic N) is 2. The summed E-state index contributed by atoms with van der Waals surface area (Å²) in [7, 11) is 4.09. The van der Waals surface area contributed by atoms with Gasteiger partial charge in [-0.05, 0) is 51.3 Å². The van der Waals surface area contributed by atoms with E-state index in [9.17, 15) is 4.79 Å². The minimum absolute atomic E-state index is 0.203. The maximum Gasteiger partial charge on any atom is 0.410 e. The van der Waals surface area contributed by atoms with E-state index in [2.05, 4.69) is 35.2 Å². The van der Waals surface area contributed by atoms with Crippen molar-refractivity contribution in [2.24, 2.45) is 0 Å². The molecule has 0 bridgehead atoms. The average molecular weight is 316 g/mol. The molecule has 1 fully saturated rings. The molecular weight excluding hydrogens is 288 g/mol. The number of carbonyl (C=O) groups excluding carboxylic acids is 1. The molecule has 0 spiro atoms. The molecule has 4 heteroatoms. The van der Waals surface area contributed by atoms with Crippen LogP contribution < -0.4 is 4.90 Å². The Morgan fingerprint density at radius 1 is 1.22 bits per heavy atom. The van der Waals surface area contributed by atoms with E-state index < -0.39 is 5.60 Å². The fourth-order valence-corrected chi connectivity index (χ4v) is 2.58. The summed E-state index contributed by atoms with van der Waals surface area (Å²) >= 11 is 0. The molecule has 0 radical (unpaired) electrons. The van der Waals surface area contributed by atoms with Gasteiger partial charge in [0.15, 0.2) is 0 Å². The lowest BCUT2D eigenvalue weighted by molar-refractivity contribution is 0.0237. The van der Waals surface area contributed by atoms with Gasteiger partial charge in [-0.3, -0.25) is 0 Å². The summed E-state index contributed by atoms with van der Waals surface area (Å²) in [6.07, 6.45) is 3.86. The Labute approximate surface area is 139 Å². The molecule has 23 heavy (non-hydrogen) atoms. The van der Waals surface area contributed by atoms with Crippen LogP contribution in [0.2, 0.25) is 0 Å². The van der Waals surface area contributed by atoms with Crippen LogP contribution in [-0.2, 0) is 4.74 Å². The van der Waals surface area contributed by atoms with Crippen LogP contribution in [0.3, 0.4) is 0 Å². The van der Waals surface area contributed by atoms with Crippen molar-refractivity contribution in [3.8, 4) is 0 Å². The second-order valence-corrected chi connectivity index (χ2v) is 7.26. The largest absolute Gasteiger partial charge is 0.444 e. The van der Waals surface area contributed by atoms with Crippen molar-refractivity contribution in [2.75, 3.05) is 32.1 Å². The van der Waals surface area contributed by atoms with Crippen molar-refractivity contribution in [3.63, 3.8) is 0 Å². The predicted octanol–water partition coefficient (Wildman–Crippen LogP) is 4.17. The molecule has 0 unspecified atom stereocenters. The van der Waals surface area contributed by atoms with Crippen molar-refractivity contribution in [1.82, 2.24) is 4.90 Å². The molecule has 1 aromatic rings. The van der Waals surface area contributed by atoms with Gasteiger partial charge in [-0.15, -0.1) is 0 Å². The van der Waals surface area contributed by atoms with Gasteiger partial charge >= 0.3 is 6.09 Å². The van der Waals surface area contributed by atoms with Gasteiger partial charge in [-0.1, -0.05) is 23.8 Å². The fraction of sp³-hybridized carbons (Fsp3) is 0.526. The molecule has 1 aliphatic rings. The number of benzene rings is 1. The van der Waals surface area contributed by atoms with Crippen molar-refractivity contribution < 1.29 is 9.53 Å². The number of ether oxygens (including phenoxy) is 1. The number of hydrogen-bond acceptors (Lipinski definition) is 3. The van der Waals surface area contributed by atoms with Gasteiger partial charge in [0.1, 0.15) is 5.60 Å². The summed E-state index contributed by atoms with van der Waals surface area (Å²) in [5.74, 6) is 0. The molecule has 1 amide bonds. The van der Waals surface area contributed by atoms with Crippen LogP contribution in [0.5, 0.6) is 0 Å². The van der Waals surface area contributed by atoms with Crippen LogP contribution in [-0.4, -0.2) is 43.8 Å². The lowest BCUT2D eigenvalue weighted by atomic mass is 10.0. The number of likely N-dealkylation sites (tertiary alicyclic amines) is 1. The second-order valence-electron chi connectivity index (χ2n) is 7.26. The van der Waals surface area contributed by atoms with Crippen molar-refractivity contribution >= 4 is 17.9 Å². The standard InChI is InChI=1S/C19H28N2O2/c1-19(2,3)23-18(22)21-11-9-15(10-12-21)13-16-7-6-8-17(14-16)20(4)5/h6-8,13-14H,9-12H2,1-5H3. The molecule has 0 N–H and O–H groups in total. The highest BCUT2D eigenvalue weighted by atomic mass is 16.6. The third-order valence-corrected chi connectivity index (χ3v) is 3.81. The lowest BCUT2D eigenvalue weighted by Crippen LogP contribution is -2.40. The SMILES string of the molecule is CN(C)c1cccc(C=C2CCN(C(=O)OC(C)(C)C)CC2)c1. The predicted molar refractivity (Wildman–Crippen MR) is 95.8 cm³/mol. The summed E-state index contributed by atoms with van der Waals surface area (Å²) in [5.41, 5.74) is 3.38. The van der Waals surface area contributed by atoms with Crippen LogP contribution in [0.4, 0.5) is 10.5 Å². The monoisotopic (exact) mass is 316 g/mol. The highest BCUT2D eigenvalue weighted by Gasteiger charge is 2.24. The van der Waals surface area contributed by atoms with Gasteiger partial charge in [0.25, 0.3) is 0 Å². The number of hydrogen-bond donors (Lipinski definition) is 0. The number of rotatable bonds is 2. The highest BCUT2D eigenvalue weighted by Crippen LogP contribution is 2.23. The molecular formula is C19H28N2O2. The average Bonchev–Trinajstić information content (AvgIpc) is 2.46. The van der Waals surface area contributed by atoms with E-state index in [1.807, 2.05) is 34.9 Å². The molecule has 0 aliphatic carbocycles. The molecule has 0 saturated carbocycles. The van der Waals surface area contributed by atoms with E-state index in [1.165, 1.54) is 16.8 Å². The molecule has 0 atom stereocenters. The van der Waals surface area contributed by atoms with Crippen LogP contribution in [0, 0.1) is 0 Å². The Kier molecular flexibility index (Phi) is 5.34. The number of anilines is 1. The summed E-state index contributed by atoms with van der Waals surface area (Å²) in [4.78, 5) is 16.0. The minimum Gasteiger partial charge on any atom is -0.444 e. The van der Waals surface area contributed by atoms with Crippen LogP contribution in [0.15, 0.2) is 29.8 Å². The first kappa shape index (κ1) is 17.4. The first-order chi connectivity index (χ1) is 10.7. The van der Waals surface area contributed by atoms with E-state index in [0.29, 0.717) is 0 Å². The Morgan fingerprint density at radius 3 is 2.43 bits per heavy atom. The lowest BCUT2D eigenvalue weighted by Gasteiger charge is -2.31. The third-order valence-electron chi connectivity index (χ3n) is 3.81. The number of piperidine rings is 1. The molecule has 1 aromatic carbocycles. The maximum atomic E-state index is 12.1. The van der Waals surface area contributed by atoms with Gasteiger partial charge in [0.2, 0.25) is 0 Å². The number of amides is 1. The Hall–Kier alpha value is -1.97. The molecule has 1 saturated heterocycles. The molecule has 4 nitrogen and oxygen atoms in total. The zero-order valence-electron chi connectivity index (χ0n) is 14.9. The summed E-state index contributed by atoms with van der Waals surface area (Å²) in [6, 6.07) is 8.50. The van der Waals surface area contributed by atoms with Crippen molar-refractivity contribution in [2.45, 2.75) is 39.2 Å². The normalized spacial score (nSPS) is 15.3. The first-order valence-corrected chi connectivity index (χ1v) is 8.19. The highest BCUT2D eigenvalue weighted by molar-refractivity contribution is 5.69. The Morgan fingerprint density at radius 2 is 1.87 bits per heavy atom. The van der Waals surface area contributed by atoms with Gasteiger partial charge in [-0.25, -0.2) is 4.79 Å². The van der Waals surface area contributed by atoms with Crippen LogP contribution in [0.25, 0.3) is 6.08 Å². The van der Waals surface area contributed by atoms with E-state index in [1.54, 1.807) is 4.90 Å². The first-order valence-electron chi connectivity index (χ1n) is 8.19. The Balaban J connectivity index is 1.96. The van der Waals surface area contributed by atoms with E-state index in [-0.39, 0.29) is 6.09 Å². The zero-order chi connectivity index (χ0) is 17.0. The van der Waals surface area contributed by atoms with Crippen molar-refractivity contribution in [3.05, 3.63) is 35.4 Å². The van der Waals surface area contributed by atoms with Crippen LogP contribution in [0.1, 0.15) is 39.2 Å². The fourth-order valence-electron chi connectivity index (χ4n) is 2.58. The van der Waals surface area contributed by atoms with Crippen molar-refractivity contribution in [1.29, 1.82) is 0 Å². The number of carbonyl (C=O) groups is 1. The van der Waals surface area contributed by atoms with E-state index in [4.69, 9.17) is 4.74 Å². The van der Waals surface area contributed by atoms with Gasteiger partial charge in [-0.2, -0.15) is 0 Å². The summed E-state index contributed by atoms with van der Waals surface area (Å²) < 4.78 is 5.43. The van der Waals surface area contributed by atoms with E-state index >= 15 is 0 Å². The van der Waals surface area contributed by atoms with E-state index in [0.717, 1.165) is 25.9 Å². The van der Waals surface area contributed by atoms with Gasteiger partial charge in [0, 0.05) is 32.9 Å². The molecule has 2 rings (SSSR count). The van der Waals surface area contributed by atoms with Crippen LogP contribution >= 0.6 is 0 Å². The summed E-state index contributed by atoms with van der Waals surface area (Å²) in [5, 5.41) is 0. The third kappa shape index (κ3) is 5.31. The molecule has 126 valence electrons. The maximum absolute atomic E-state index is 12.1.